The highest BCUT2D eigenvalue weighted by Gasteiger charge is 2.26. The van der Waals surface area contributed by atoms with Gasteiger partial charge in [-0.05, 0) is 67.1 Å². The van der Waals surface area contributed by atoms with E-state index in [0.717, 1.165) is 37.9 Å². The number of hydrogen-bond acceptors (Lipinski definition) is 3. The van der Waals surface area contributed by atoms with Crippen LogP contribution >= 0.6 is 0 Å². The van der Waals surface area contributed by atoms with Crippen LogP contribution in [0.2, 0.25) is 0 Å². The van der Waals surface area contributed by atoms with Gasteiger partial charge in [-0.3, -0.25) is 4.79 Å². The quantitative estimate of drug-likeness (QED) is 0.369. The molecule has 0 atom stereocenters. The van der Waals surface area contributed by atoms with Crippen LogP contribution in [-0.2, 0) is 6.42 Å². The fraction of sp³-hybridized carbons (Fsp3) is 0.214. The number of carbonyl (C=O) groups excluding carboxylic acids is 1. The molecule has 1 aliphatic heterocycles. The van der Waals surface area contributed by atoms with Gasteiger partial charge in [-0.1, -0.05) is 42.5 Å². The fourth-order valence-corrected chi connectivity index (χ4v) is 4.46. The first-order valence-electron chi connectivity index (χ1n) is 11.3. The molecule has 1 aromatic heterocycles. The Labute approximate surface area is 192 Å². The van der Waals surface area contributed by atoms with E-state index >= 15 is 0 Å². The van der Waals surface area contributed by atoms with E-state index in [4.69, 9.17) is 4.42 Å². The minimum atomic E-state index is -0.304. The third-order valence-electron chi connectivity index (χ3n) is 6.29. The summed E-state index contributed by atoms with van der Waals surface area (Å²) in [5, 5.41) is 0. The number of rotatable bonds is 5. The largest absolute Gasteiger partial charge is 0.436 e. The van der Waals surface area contributed by atoms with Crippen molar-refractivity contribution >= 4 is 5.91 Å². The molecule has 1 saturated heterocycles. The highest BCUT2D eigenvalue weighted by atomic mass is 19.1. The first-order chi connectivity index (χ1) is 16.2. The predicted octanol–water partition coefficient (Wildman–Crippen LogP) is 6.24. The molecule has 0 N–H and O–H groups in total. The lowest BCUT2D eigenvalue weighted by Crippen LogP contribution is -2.39. The number of oxazole rings is 1. The summed E-state index contributed by atoms with van der Waals surface area (Å²) < 4.78 is 19.2. The lowest BCUT2D eigenvalue weighted by atomic mass is 9.90. The third kappa shape index (κ3) is 4.72. The lowest BCUT2D eigenvalue weighted by Gasteiger charge is -2.32. The van der Waals surface area contributed by atoms with Crippen molar-refractivity contribution in [3.63, 3.8) is 0 Å². The number of aromatic nitrogens is 1. The normalized spacial score (nSPS) is 14.4. The fourth-order valence-electron chi connectivity index (χ4n) is 4.46. The van der Waals surface area contributed by atoms with Crippen molar-refractivity contribution in [3.05, 3.63) is 102 Å². The maximum absolute atomic E-state index is 13.4. The number of likely N-dealkylation sites (tertiary alicyclic amines) is 1. The average molecular weight is 441 g/mol. The van der Waals surface area contributed by atoms with Crippen LogP contribution in [0.1, 0.15) is 28.8 Å². The molecule has 1 fully saturated rings. The van der Waals surface area contributed by atoms with E-state index in [-0.39, 0.29) is 11.7 Å². The van der Waals surface area contributed by atoms with E-state index in [0.29, 0.717) is 28.7 Å². The highest BCUT2D eigenvalue weighted by molar-refractivity contribution is 6.00. The van der Waals surface area contributed by atoms with E-state index in [9.17, 15) is 9.18 Å². The monoisotopic (exact) mass is 440 g/mol. The standard InChI is InChI=1S/C28H25FN2O2/c29-23-12-10-22(11-13-23)26-19-30-27(33-26)24-8-4-5-9-25(24)28(32)31-16-14-21(15-17-31)18-20-6-2-1-3-7-20/h1-13,19,21H,14-18H2. The van der Waals surface area contributed by atoms with Crippen molar-refractivity contribution in [3.8, 4) is 22.8 Å². The molecule has 166 valence electrons. The summed E-state index contributed by atoms with van der Waals surface area (Å²) in [4.78, 5) is 19.7. The van der Waals surface area contributed by atoms with E-state index in [2.05, 4.69) is 29.2 Å². The molecule has 0 spiro atoms. The van der Waals surface area contributed by atoms with E-state index in [1.165, 1.54) is 17.7 Å². The summed E-state index contributed by atoms with van der Waals surface area (Å²) in [6, 6.07) is 24.0. The zero-order valence-corrected chi connectivity index (χ0v) is 18.3. The van der Waals surface area contributed by atoms with E-state index in [1.54, 1.807) is 18.3 Å². The van der Waals surface area contributed by atoms with Crippen molar-refractivity contribution in [2.45, 2.75) is 19.3 Å². The number of carbonyl (C=O) groups is 1. The molecule has 0 aliphatic carbocycles. The minimum absolute atomic E-state index is 0.00490. The van der Waals surface area contributed by atoms with Crippen LogP contribution < -0.4 is 0 Å². The maximum Gasteiger partial charge on any atom is 0.254 e. The number of piperidine rings is 1. The maximum atomic E-state index is 13.4. The van der Waals surface area contributed by atoms with E-state index < -0.39 is 0 Å². The summed E-state index contributed by atoms with van der Waals surface area (Å²) in [5.74, 6) is 1.22. The van der Waals surface area contributed by atoms with Crippen LogP contribution in [0.5, 0.6) is 0 Å². The van der Waals surface area contributed by atoms with Gasteiger partial charge in [0.25, 0.3) is 5.91 Å². The van der Waals surface area contributed by atoms with Gasteiger partial charge in [0.1, 0.15) is 5.82 Å². The Kier molecular flexibility index (Phi) is 6.03. The molecular formula is C28H25FN2O2. The molecular weight excluding hydrogens is 415 g/mol. The summed E-state index contributed by atoms with van der Waals surface area (Å²) in [6.45, 7) is 1.49. The van der Waals surface area contributed by atoms with Crippen LogP contribution in [-0.4, -0.2) is 28.9 Å². The van der Waals surface area contributed by atoms with Crippen LogP contribution in [0.25, 0.3) is 22.8 Å². The van der Waals surface area contributed by atoms with Crippen molar-refractivity contribution in [2.24, 2.45) is 5.92 Å². The van der Waals surface area contributed by atoms with Gasteiger partial charge in [-0.2, -0.15) is 0 Å². The minimum Gasteiger partial charge on any atom is -0.436 e. The van der Waals surface area contributed by atoms with Crippen molar-refractivity contribution < 1.29 is 13.6 Å². The predicted molar refractivity (Wildman–Crippen MR) is 126 cm³/mol. The van der Waals surface area contributed by atoms with Crippen LogP contribution in [0, 0.1) is 11.7 Å². The Bertz CT molecular complexity index is 1230. The zero-order chi connectivity index (χ0) is 22.6. The number of benzene rings is 3. The van der Waals surface area contributed by atoms with Gasteiger partial charge < -0.3 is 9.32 Å². The number of nitrogens with zero attached hydrogens (tertiary/aromatic N) is 2. The van der Waals surface area contributed by atoms with E-state index in [1.807, 2.05) is 35.2 Å². The molecule has 0 bridgehead atoms. The first kappa shape index (κ1) is 21.1. The first-order valence-corrected chi connectivity index (χ1v) is 11.3. The molecule has 5 heteroatoms. The van der Waals surface area contributed by atoms with Gasteiger partial charge in [0, 0.05) is 24.2 Å². The zero-order valence-electron chi connectivity index (χ0n) is 18.3. The van der Waals surface area contributed by atoms with Gasteiger partial charge >= 0.3 is 0 Å². The number of hydrogen-bond donors (Lipinski definition) is 0. The molecule has 2 heterocycles. The summed E-state index contributed by atoms with van der Waals surface area (Å²) >= 11 is 0. The highest BCUT2D eigenvalue weighted by Crippen LogP contribution is 2.30. The van der Waals surface area contributed by atoms with Gasteiger partial charge in [0.05, 0.1) is 11.8 Å². The Morgan fingerprint density at radius 2 is 1.64 bits per heavy atom. The third-order valence-corrected chi connectivity index (χ3v) is 6.29. The topological polar surface area (TPSA) is 46.3 Å². The van der Waals surface area contributed by atoms with Gasteiger partial charge in [0.15, 0.2) is 5.76 Å². The smallest absolute Gasteiger partial charge is 0.254 e. The molecule has 0 radical (unpaired) electrons. The van der Waals surface area contributed by atoms with Gasteiger partial charge in [0.2, 0.25) is 5.89 Å². The molecule has 33 heavy (non-hydrogen) atoms. The van der Waals surface area contributed by atoms with Crippen molar-refractivity contribution in [1.82, 2.24) is 9.88 Å². The van der Waals surface area contributed by atoms with Crippen molar-refractivity contribution in [2.75, 3.05) is 13.1 Å². The second-order valence-corrected chi connectivity index (χ2v) is 8.51. The summed E-state index contributed by atoms with van der Waals surface area (Å²) in [6.07, 6.45) is 4.66. The molecule has 3 aromatic carbocycles. The Morgan fingerprint density at radius 3 is 2.39 bits per heavy atom. The molecule has 0 saturated carbocycles. The molecule has 5 rings (SSSR count). The molecule has 1 aliphatic rings. The van der Waals surface area contributed by atoms with Crippen LogP contribution in [0.4, 0.5) is 4.39 Å². The molecule has 1 amide bonds. The Hall–Kier alpha value is -3.73. The average Bonchev–Trinajstić information content (AvgIpc) is 3.35. The van der Waals surface area contributed by atoms with Crippen LogP contribution in [0.3, 0.4) is 0 Å². The number of amides is 1. The van der Waals surface area contributed by atoms with Crippen molar-refractivity contribution in [1.29, 1.82) is 0 Å². The molecule has 0 unspecified atom stereocenters. The van der Waals surface area contributed by atoms with Gasteiger partial charge in [-0.25, -0.2) is 9.37 Å². The molecule has 4 nitrogen and oxygen atoms in total. The van der Waals surface area contributed by atoms with Gasteiger partial charge in [-0.15, -0.1) is 0 Å². The summed E-state index contributed by atoms with van der Waals surface area (Å²) in [5.41, 5.74) is 3.35. The van der Waals surface area contributed by atoms with Crippen LogP contribution in [0.15, 0.2) is 89.5 Å². The summed E-state index contributed by atoms with van der Waals surface area (Å²) in [7, 11) is 0. The SMILES string of the molecule is O=C(c1ccccc1-c1ncc(-c2ccc(F)cc2)o1)N1CCC(Cc2ccccc2)CC1. The molecule has 4 aromatic rings. The second-order valence-electron chi connectivity index (χ2n) is 8.51. The Morgan fingerprint density at radius 1 is 0.939 bits per heavy atom. The lowest BCUT2D eigenvalue weighted by molar-refractivity contribution is 0.0691. The second kappa shape index (κ2) is 9.41. The Balaban J connectivity index is 1.30. The number of halogens is 1.